The summed E-state index contributed by atoms with van der Waals surface area (Å²) in [6.07, 6.45) is -1.19. The van der Waals surface area contributed by atoms with E-state index in [1.165, 1.54) is 0 Å². The van der Waals surface area contributed by atoms with Crippen molar-refractivity contribution in [1.82, 2.24) is 5.32 Å². The fraction of sp³-hybridized carbons (Fsp3) is 0.235. The van der Waals surface area contributed by atoms with E-state index in [1.807, 2.05) is 60.7 Å². The summed E-state index contributed by atoms with van der Waals surface area (Å²) in [6, 6.07) is 18.4. The van der Waals surface area contributed by atoms with Gasteiger partial charge < -0.3 is 10.4 Å². The summed E-state index contributed by atoms with van der Waals surface area (Å²) in [6.45, 7) is -0.0472. The van der Waals surface area contributed by atoms with Crippen LogP contribution < -0.4 is 5.32 Å². The first-order chi connectivity index (χ1) is 12.1. The largest absolute Gasteiger partial charge is 0.475 e. The summed E-state index contributed by atoms with van der Waals surface area (Å²) < 4.78 is 28.7. The maximum atomic E-state index is 12.8. The highest BCUT2D eigenvalue weighted by Gasteiger charge is 2.27. The average Bonchev–Trinajstić information content (AvgIpc) is 2.64. The molecule has 2 aromatic carbocycles. The number of nitrogens with one attached hydrogen (secondary N) is 1. The monoisotopic (exact) mass is 365 g/mol. The lowest BCUT2D eigenvalue weighted by atomic mass is 10.2. The number of rotatable bonds is 10. The molecular formula is C17H20NO6P. The van der Waals surface area contributed by atoms with E-state index < -0.39 is 13.9 Å². The fourth-order valence-electron chi connectivity index (χ4n) is 1.88. The van der Waals surface area contributed by atoms with Crippen LogP contribution in [0.2, 0.25) is 0 Å². The third kappa shape index (κ3) is 7.49. The molecule has 0 aliphatic heterocycles. The molecule has 0 spiro atoms. The zero-order valence-electron chi connectivity index (χ0n) is 13.5. The molecule has 25 heavy (non-hydrogen) atoms. The van der Waals surface area contributed by atoms with Crippen LogP contribution in [-0.2, 0) is 31.4 Å². The predicted octanol–water partition coefficient (Wildman–Crippen LogP) is 3.81. The van der Waals surface area contributed by atoms with Gasteiger partial charge in [0.25, 0.3) is 0 Å². The van der Waals surface area contributed by atoms with Crippen LogP contribution in [0.15, 0.2) is 60.7 Å². The normalized spacial score (nSPS) is 11.2. The molecule has 2 aromatic rings. The second-order valence-corrected chi connectivity index (χ2v) is 6.70. The van der Waals surface area contributed by atoms with Crippen LogP contribution in [0, 0.1) is 0 Å². The van der Waals surface area contributed by atoms with Crippen molar-refractivity contribution in [2.75, 3.05) is 13.2 Å². The van der Waals surface area contributed by atoms with Gasteiger partial charge in [0.2, 0.25) is 0 Å². The molecule has 0 fully saturated rings. The maximum Gasteiger partial charge on any atom is 0.475 e. The van der Waals surface area contributed by atoms with Gasteiger partial charge in [0.1, 0.15) is 0 Å². The lowest BCUT2D eigenvalue weighted by Crippen LogP contribution is -2.25. The summed E-state index contributed by atoms with van der Waals surface area (Å²) in [5.41, 5.74) is 1.64. The van der Waals surface area contributed by atoms with Crippen LogP contribution in [0.5, 0.6) is 0 Å². The molecule has 0 bridgehead atoms. The van der Waals surface area contributed by atoms with Crippen molar-refractivity contribution in [2.24, 2.45) is 0 Å². The standard InChI is InChI=1S/C17H20NO6P/c19-17(20)18-11-12-22-25(21,23-13-15-7-3-1-4-8-15)24-14-16-9-5-2-6-10-16/h1-10,18H,11-14H2,(H,19,20). The molecule has 134 valence electrons. The van der Waals surface area contributed by atoms with Crippen LogP contribution in [0.4, 0.5) is 4.79 Å². The molecule has 0 radical (unpaired) electrons. The number of carbonyl (C=O) groups is 1. The number of hydrogen-bond acceptors (Lipinski definition) is 5. The number of hydrogen-bond donors (Lipinski definition) is 2. The fourth-order valence-corrected chi connectivity index (χ4v) is 3.04. The Bertz CT molecular complexity index is 647. The zero-order valence-corrected chi connectivity index (χ0v) is 14.4. The Labute approximate surface area is 146 Å². The molecule has 0 atom stereocenters. The summed E-state index contributed by atoms with van der Waals surface area (Å²) in [5.74, 6) is 0. The molecule has 0 unspecified atom stereocenters. The molecule has 0 saturated heterocycles. The SMILES string of the molecule is O=C(O)NCCOP(=O)(OCc1ccccc1)OCc1ccccc1. The molecule has 0 aliphatic rings. The second-order valence-electron chi connectivity index (χ2n) is 5.03. The first kappa shape index (κ1) is 19.1. The van der Waals surface area contributed by atoms with E-state index in [4.69, 9.17) is 18.7 Å². The van der Waals surface area contributed by atoms with E-state index in [2.05, 4.69) is 5.32 Å². The van der Waals surface area contributed by atoms with Gasteiger partial charge in [0.05, 0.1) is 19.8 Å². The van der Waals surface area contributed by atoms with Crippen molar-refractivity contribution in [2.45, 2.75) is 13.2 Å². The first-order valence-electron chi connectivity index (χ1n) is 7.66. The topological polar surface area (TPSA) is 94.1 Å². The Morgan fingerprint density at radius 2 is 1.36 bits per heavy atom. The Morgan fingerprint density at radius 1 is 0.880 bits per heavy atom. The number of carboxylic acid groups (broad SMARTS) is 1. The average molecular weight is 365 g/mol. The van der Waals surface area contributed by atoms with Crippen LogP contribution >= 0.6 is 7.82 Å². The van der Waals surface area contributed by atoms with Crippen molar-refractivity contribution in [3.05, 3.63) is 71.8 Å². The van der Waals surface area contributed by atoms with Crippen LogP contribution in [-0.4, -0.2) is 24.4 Å². The second kappa shape index (κ2) is 9.96. The molecule has 0 aliphatic carbocycles. The smallest absolute Gasteiger partial charge is 0.465 e. The first-order valence-corrected chi connectivity index (χ1v) is 9.12. The van der Waals surface area contributed by atoms with Gasteiger partial charge in [-0.1, -0.05) is 60.7 Å². The predicted molar refractivity (Wildman–Crippen MR) is 92.0 cm³/mol. The highest BCUT2D eigenvalue weighted by Crippen LogP contribution is 2.50. The van der Waals surface area contributed by atoms with Gasteiger partial charge in [-0.05, 0) is 11.1 Å². The van der Waals surface area contributed by atoms with Crippen molar-refractivity contribution < 1.29 is 28.0 Å². The Balaban J connectivity index is 1.93. The van der Waals surface area contributed by atoms with E-state index in [-0.39, 0.29) is 26.4 Å². The molecule has 8 heteroatoms. The minimum Gasteiger partial charge on any atom is -0.465 e. The Kier molecular flexibility index (Phi) is 7.63. The highest BCUT2D eigenvalue weighted by atomic mass is 31.2. The summed E-state index contributed by atoms with van der Waals surface area (Å²) in [7, 11) is -3.84. The third-order valence-corrected chi connectivity index (χ3v) is 4.48. The molecule has 0 heterocycles. The summed E-state index contributed by atoms with van der Waals surface area (Å²) in [4.78, 5) is 10.4. The Morgan fingerprint density at radius 3 is 1.80 bits per heavy atom. The Hall–Kier alpha value is -2.18. The molecule has 0 saturated carbocycles. The van der Waals surface area contributed by atoms with E-state index >= 15 is 0 Å². The third-order valence-electron chi connectivity index (χ3n) is 3.09. The van der Waals surface area contributed by atoms with Crippen molar-refractivity contribution >= 4 is 13.9 Å². The minimum absolute atomic E-state index is 0.0251. The molecule has 7 nitrogen and oxygen atoms in total. The van der Waals surface area contributed by atoms with Gasteiger partial charge in [-0.3, -0.25) is 13.6 Å². The van der Waals surface area contributed by atoms with Gasteiger partial charge in [0, 0.05) is 6.54 Å². The number of amides is 1. The maximum absolute atomic E-state index is 12.8. The van der Waals surface area contributed by atoms with Crippen molar-refractivity contribution in [3.63, 3.8) is 0 Å². The molecular weight excluding hydrogens is 345 g/mol. The van der Waals surface area contributed by atoms with Gasteiger partial charge in [-0.2, -0.15) is 0 Å². The van der Waals surface area contributed by atoms with E-state index in [1.54, 1.807) is 0 Å². The van der Waals surface area contributed by atoms with Gasteiger partial charge in [-0.15, -0.1) is 0 Å². The van der Waals surface area contributed by atoms with E-state index in [0.29, 0.717) is 0 Å². The molecule has 1 amide bonds. The summed E-state index contributed by atoms with van der Waals surface area (Å²) >= 11 is 0. The summed E-state index contributed by atoms with van der Waals surface area (Å²) in [5, 5.41) is 10.7. The van der Waals surface area contributed by atoms with E-state index in [0.717, 1.165) is 11.1 Å². The van der Waals surface area contributed by atoms with Gasteiger partial charge >= 0.3 is 13.9 Å². The molecule has 2 N–H and O–H groups in total. The number of phosphoric ester groups is 1. The van der Waals surface area contributed by atoms with Crippen molar-refractivity contribution in [3.8, 4) is 0 Å². The van der Waals surface area contributed by atoms with Crippen LogP contribution in [0.3, 0.4) is 0 Å². The zero-order chi connectivity index (χ0) is 18.0. The molecule has 2 rings (SSSR count). The van der Waals surface area contributed by atoms with Gasteiger partial charge in [-0.25, -0.2) is 9.36 Å². The lowest BCUT2D eigenvalue weighted by molar-refractivity contribution is 0.103. The van der Waals surface area contributed by atoms with Gasteiger partial charge in [0.15, 0.2) is 0 Å². The quantitative estimate of drug-likeness (QED) is 0.491. The number of phosphoric acid groups is 1. The van der Waals surface area contributed by atoms with Crippen LogP contribution in [0.25, 0.3) is 0 Å². The molecule has 0 aromatic heterocycles. The van der Waals surface area contributed by atoms with Crippen LogP contribution in [0.1, 0.15) is 11.1 Å². The van der Waals surface area contributed by atoms with Crippen molar-refractivity contribution in [1.29, 1.82) is 0 Å². The minimum atomic E-state index is -3.84. The lowest BCUT2D eigenvalue weighted by Gasteiger charge is -2.18. The number of benzene rings is 2. The highest BCUT2D eigenvalue weighted by molar-refractivity contribution is 7.48. The van der Waals surface area contributed by atoms with E-state index in [9.17, 15) is 9.36 Å².